The van der Waals surface area contributed by atoms with Gasteiger partial charge < -0.3 is 15.5 Å². The van der Waals surface area contributed by atoms with E-state index in [9.17, 15) is 14.4 Å². The van der Waals surface area contributed by atoms with Gasteiger partial charge in [0.2, 0.25) is 17.7 Å². The molecule has 1 aliphatic heterocycles. The van der Waals surface area contributed by atoms with Crippen molar-refractivity contribution >= 4 is 29.3 Å². The SMILES string of the molecule is CC(C)[C@H](NC(=O)CC1CCCC1)C(=O)N1CCC[C@H]1C(=O)NCCc1ccccc1Cl. The Morgan fingerprint density at radius 3 is 2.50 bits per heavy atom. The molecule has 1 aliphatic carbocycles. The summed E-state index contributed by atoms with van der Waals surface area (Å²) >= 11 is 6.19. The zero-order valence-corrected chi connectivity index (χ0v) is 20.0. The van der Waals surface area contributed by atoms with Gasteiger partial charge in [-0.25, -0.2) is 0 Å². The third-order valence-corrected chi connectivity index (χ3v) is 7.06. The van der Waals surface area contributed by atoms with Gasteiger partial charge in [-0.05, 0) is 55.6 Å². The van der Waals surface area contributed by atoms with Crippen LogP contribution in [0.25, 0.3) is 0 Å². The van der Waals surface area contributed by atoms with Gasteiger partial charge in [0.25, 0.3) is 0 Å². The minimum Gasteiger partial charge on any atom is -0.354 e. The van der Waals surface area contributed by atoms with Crippen molar-refractivity contribution in [3.63, 3.8) is 0 Å². The van der Waals surface area contributed by atoms with Crippen LogP contribution in [-0.4, -0.2) is 47.8 Å². The summed E-state index contributed by atoms with van der Waals surface area (Å²) in [5.74, 6) is 0.0519. The van der Waals surface area contributed by atoms with Crippen LogP contribution in [0.5, 0.6) is 0 Å². The molecule has 1 aromatic carbocycles. The van der Waals surface area contributed by atoms with Gasteiger partial charge >= 0.3 is 0 Å². The van der Waals surface area contributed by atoms with E-state index >= 15 is 0 Å². The topological polar surface area (TPSA) is 78.5 Å². The van der Waals surface area contributed by atoms with Crippen molar-refractivity contribution in [1.29, 1.82) is 0 Å². The molecular weight excluding hydrogens is 426 g/mol. The Balaban J connectivity index is 1.55. The largest absolute Gasteiger partial charge is 0.354 e. The van der Waals surface area contributed by atoms with E-state index in [1.54, 1.807) is 4.90 Å². The average Bonchev–Trinajstić information content (AvgIpc) is 3.44. The maximum atomic E-state index is 13.3. The van der Waals surface area contributed by atoms with Crippen molar-refractivity contribution < 1.29 is 14.4 Å². The van der Waals surface area contributed by atoms with Gasteiger partial charge in [-0.3, -0.25) is 14.4 Å². The monoisotopic (exact) mass is 461 g/mol. The van der Waals surface area contributed by atoms with Crippen molar-refractivity contribution in [2.24, 2.45) is 11.8 Å². The van der Waals surface area contributed by atoms with E-state index in [1.807, 2.05) is 38.1 Å². The summed E-state index contributed by atoms with van der Waals surface area (Å²) in [5.41, 5.74) is 0.985. The Morgan fingerprint density at radius 2 is 1.81 bits per heavy atom. The summed E-state index contributed by atoms with van der Waals surface area (Å²) in [5, 5.41) is 6.62. The highest BCUT2D eigenvalue weighted by atomic mass is 35.5. The van der Waals surface area contributed by atoms with E-state index in [0.717, 1.165) is 24.8 Å². The van der Waals surface area contributed by atoms with Crippen molar-refractivity contribution in [3.05, 3.63) is 34.9 Å². The fourth-order valence-corrected chi connectivity index (χ4v) is 5.07. The fraction of sp³-hybridized carbons (Fsp3) is 0.640. The lowest BCUT2D eigenvalue weighted by Gasteiger charge is -2.30. The second kappa shape index (κ2) is 11.7. The molecule has 2 atom stereocenters. The molecule has 3 amide bonds. The van der Waals surface area contributed by atoms with E-state index in [-0.39, 0.29) is 23.6 Å². The lowest BCUT2D eigenvalue weighted by atomic mass is 9.99. The van der Waals surface area contributed by atoms with Crippen LogP contribution >= 0.6 is 11.6 Å². The van der Waals surface area contributed by atoms with Gasteiger partial charge in [-0.2, -0.15) is 0 Å². The molecule has 1 saturated heterocycles. The highest BCUT2D eigenvalue weighted by Gasteiger charge is 2.38. The van der Waals surface area contributed by atoms with Crippen LogP contribution in [0.2, 0.25) is 5.02 Å². The Morgan fingerprint density at radius 1 is 1.09 bits per heavy atom. The van der Waals surface area contributed by atoms with E-state index in [4.69, 9.17) is 11.6 Å². The smallest absolute Gasteiger partial charge is 0.246 e. The maximum Gasteiger partial charge on any atom is 0.246 e. The quantitative estimate of drug-likeness (QED) is 0.588. The summed E-state index contributed by atoms with van der Waals surface area (Å²) < 4.78 is 0. The maximum absolute atomic E-state index is 13.3. The molecule has 0 aromatic heterocycles. The Hall–Kier alpha value is -2.08. The number of carbonyl (C=O) groups excluding carboxylic acids is 3. The Labute approximate surface area is 196 Å². The van der Waals surface area contributed by atoms with Crippen LogP contribution in [0.15, 0.2) is 24.3 Å². The van der Waals surface area contributed by atoms with Gasteiger partial charge in [0, 0.05) is 24.5 Å². The number of hydrogen-bond donors (Lipinski definition) is 2. The van der Waals surface area contributed by atoms with Crippen LogP contribution in [0.4, 0.5) is 0 Å². The van der Waals surface area contributed by atoms with Crippen LogP contribution < -0.4 is 10.6 Å². The molecule has 32 heavy (non-hydrogen) atoms. The predicted octanol–water partition coefficient (Wildman–Crippen LogP) is 3.71. The molecule has 176 valence electrons. The zero-order chi connectivity index (χ0) is 23.1. The number of hydrogen-bond acceptors (Lipinski definition) is 3. The molecule has 3 rings (SSSR count). The summed E-state index contributed by atoms with van der Waals surface area (Å²) in [7, 11) is 0. The second-order valence-electron chi connectivity index (χ2n) is 9.47. The van der Waals surface area contributed by atoms with Gasteiger partial charge in [-0.15, -0.1) is 0 Å². The first kappa shape index (κ1) is 24.6. The second-order valence-corrected chi connectivity index (χ2v) is 9.87. The molecule has 1 heterocycles. The summed E-state index contributed by atoms with van der Waals surface area (Å²) in [4.78, 5) is 40.4. The number of rotatable bonds is 9. The van der Waals surface area contributed by atoms with Crippen LogP contribution in [0.3, 0.4) is 0 Å². The van der Waals surface area contributed by atoms with Crippen molar-refractivity contribution in [1.82, 2.24) is 15.5 Å². The van der Waals surface area contributed by atoms with Crippen LogP contribution in [-0.2, 0) is 20.8 Å². The predicted molar refractivity (Wildman–Crippen MR) is 126 cm³/mol. The van der Waals surface area contributed by atoms with Crippen LogP contribution in [0, 0.1) is 11.8 Å². The fourth-order valence-electron chi connectivity index (χ4n) is 4.84. The lowest BCUT2D eigenvalue weighted by Crippen LogP contribution is -2.55. The minimum atomic E-state index is -0.597. The van der Waals surface area contributed by atoms with Crippen molar-refractivity contribution in [2.75, 3.05) is 13.1 Å². The first-order valence-corrected chi connectivity index (χ1v) is 12.4. The molecule has 0 radical (unpaired) electrons. The number of nitrogens with zero attached hydrogens (tertiary/aromatic N) is 1. The summed E-state index contributed by atoms with van der Waals surface area (Å²) in [6.07, 6.45) is 7.11. The van der Waals surface area contributed by atoms with E-state index < -0.39 is 12.1 Å². The summed E-state index contributed by atoms with van der Waals surface area (Å²) in [6.45, 7) is 4.89. The van der Waals surface area contributed by atoms with Gasteiger partial charge in [0.05, 0.1) is 0 Å². The highest BCUT2D eigenvalue weighted by molar-refractivity contribution is 6.31. The molecule has 7 heteroatoms. The number of benzene rings is 1. The summed E-state index contributed by atoms with van der Waals surface area (Å²) in [6, 6.07) is 6.50. The number of halogens is 1. The molecule has 0 bridgehead atoms. The van der Waals surface area contributed by atoms with E-state index in [2.05, 4.69) is 10.6 Å². The third-order valence-electron chi connectivity index (χ3n) is 6.69. The molecular formula is C25H36ClN3O3. The highest BCUT2D eigenvalue weighted by Crippen LogP contribution is 2.27. The Bertz CT molecular complexity index is 807. The molecule has 6 nitrogen and oxygen atoms in total. The average molecular weight is 462 g/mol. The number of carbonyl (C=O) groups is 3. The first-order valence-electron chi connectivity index (χ1n) is 12.0. The zero-order valence-electron chi connectivity index (χ0n) is 19.2. The molecule has 1 saturated carbocycles. The lowest BCUT2D eigenvalue weighted by molar-refractivity contribution is -0.142. The van der Waals surface area contributed by atoms with Gasteiger partial charge in [-0.1, -0.05) is 56.5 Å². The standard InChI is InChI=1S/C25H36ClN3O3/c1-17(2)23(28-22(30)16-18-8-3-4-9-18)25(32)29-15-7-12-21(29)24(31)27-14-13-19-10-5-6-11-20(19)26/h5-6,10-11,17-18,21,23H,3-4,7-9,12-16H2,1-2H3,(H,27,31)(H,28,30)/t21-,23-/m0/s1. The molecule has 0 spiro atoms. The van der Waals surface area contributed by atoms with E-state index in [1.165, 1.54) is 12.8 Å². The third kappa shape index (κ3) is 6.47. The number of nitrogens with one attached hydrogen (secondary N) is 2. The van der Waals surface area contributed by atoms with Crippen molar-refractivity contribution in [3.8, 4) is 0 Å². The molecule has 0 unspecified atom stereocenters. The van der Waals surface area contributed by atoms with Gasteiger partial charge in [0.15, 0.2) is 0 Å². The van der Waals surface area contributed by atoms with Crippen molar-refractivity contribution in [2.45, 2.75) is 77.3 Å². The molecule has 2 fully saturated rings. The molecule has 2 N–H and O–H groups in total. The van der Waals surface area contributed by atoms with Crippen LogP contribution in [0.1, 0.15) is 64.4 Å². The number of likely N-dealkylation sites (tertiary alicyclic amines) is 1. The molecule has 2 aliphatic rings. The van der Waals surface area contributed by atoms with E-state index in [0.29, 0.717) is 43.3 Å². The normalized spacial score (nSPS) is 19.9. The van der Waals surface area contributed by atoms with Gasteiger partial charge in [0.1, 0.15) is 12.1 Å². The number of amides is 3. The Kier molecular flexibility index (Phi) is 8.97. The molecule has 1 aromatic rings. The minimum absolute atomic E-state index is 0.0421. The first-order chi connectivity index (χ1) is 15.4.